The van der Waals surface area contributed by atoms with Gasteiger partial charge in [0.25, 0.3) is 0 Å². The van der Waals surface area contributed by atoms with E-state index in [0.717, 1.165) is 19.0 Å². The van der Waals surface area contributed by atoms with Crippen LogP contribution in [-0.2, 0) is 6.42 Å². The monoisotopic (exact) mass is 303 g/mol. The molecular formula is C17H25N3S. The fraction of sp³-hybridized carbons (Fsp3) is 0.588. The van der Waals surface area contributed by atoms with Crippen LogP contribution in [0.25, 0.3) is 0 Å². The first-order valence-corrected chi connectivity index (χ1v) is 8.85. The number of hydrogen-bond acceptors (Lipinski definition) is 2. The van der Waals surface area contributed by atoms with Gasteiger partial charge in [0.05, 0.1) is 0 Å². The minimum atomic E-state index is 0.376. The van der Waals surface area contributed by atoms with Crippen LogP contribution >= 0.6 is 11.8 Å². The fourth-order valence-electron chi connectivity index (χ4n) is 3.23. The van der Waals surface area contributed by atoms with Crippen molar-refractivity contribution in [1.29, 1.82) is 0 Å². The second-order valence-corrected chi connectivity index (χ2v) is 7.99. The molecule has 1 saturated heterocycles. The Kier molecular flexibility index (Phi) is 4.43. The van der Waals surface area contributed by atoms with Crippen LogP contribution in [0.1, 0.15) is 36.8 Å². The highest BCUT2D eigenvalue weighted by Crippen LogP contribution is 2.37. The van der Waals surface area contributed by atoms with Crippen molar-refractivity contribution in [2.75, 3.05) is 25.9 Å². The molecule has 2 aliphatic rings. The van der Waals surface area contributed by atoms with Gasteiger partial charge in [-0.15, -0.1) is 0 Å². The molecular weight excluding hydrogens is 278 g/mol. The van der Waals surface area contributed by atoms with E-state index in [1.807, 2.05) is 7.05 Å². The van der Waals surface area contributed by atoms with Gasteiger partial charge in [-0.2, -0.15) is 11.8 Å². The lowest BCUT2D eigenvalue weighted by Crippen LogP contribution is -2.45. The number of fused-ring (bicyclic) bond motifs is 1. The van der Waals surface area contributed by atoms with Gasteiger partial charge < -0.3 is 10.6 Å². The second kappa shape index (κ2) is 6.30. The molecule has 0 saturated carbocycles. The van der Waals surface area contributed by atoms with Crippen LogP contribution in [0.4, 0.5) is 0 Å². The SMILES string of the molecule is CN=C(NCC1Cc2ccccc21)NCC1(C)CCCS1. The Morgan fingerprint density at radius 3 is 2.95 bits per heavy atom. The molecule has 4 heteroatoms. The summed E-state index contributed by atoms with van der Waals surface area (Å²) in [6, 6.07) is 8.74. The highest BCUT2D eigenvalue weighted by Gasteiger charge is 2.30. The van der Waals surface area contributed by atoms with E-state index in [0.29, 0.717) is 10.7 Å². The first-order chi connectivity index (χ1) is 10.2. The molecule has 0 spiro atoms. The molecule has 2 unspecified atom stereocenters. The molecule has 2 N–H and O–H groups in total. The first-order valence-electron chi connectivity index (χ1n) is 7.86. The van der Waals surface area contributed by atoms with Gasteiger partial charge in [-0.05, 0) is 43.1 Å². The van der Waals surface area contributed by atoms with Crippen molar-refractivity contribution in [3.05, 3.63) is 35.4 Å². The number of nitrogens with one attached hydrogen (secondary N) is 2. The van der Waals surface area contributed by atoms with Crippen molar-refractivity contribution in [3.8, 4) is 0 Å². The molecule has 0 radical (unpaired) electrons. The molecule has 1 aliphatic carbocycles. The molecule has 1 aliphatic heterocycles. The number of guanidine groups is 1. The second-order valence-electron chi connectivity index (χ2n) is 6.31. The average molecular weight is 303 g/mol. The van der Waals surface area contributed by atoms with Gasteiger partial charge in [0.1, 0.15) is 0 Å². The lowest BCUT2D eigenvalue weighted by Gasteiger charge is -2.31. The molecule has 114 valence electrons. The number of benzene rings is 1. The van der Waals surface area contributed by atoms with E-state index in [9.17, 15) is 0 Å². The van der Waals surface area contributed by atoms with Crippen molar-refractivity contribution < 1.29 is 0 Å². The standard InChI is InChI=1S/C17H25N3S/c1-17(8-5-9-21-17)12-20-16(18-2)19-11-14-10-13-6-3-4-7-15(13)14/h3-4,6-7,14H,5,8-12H2,1-2H3,(H2,18,19,20). The Labute approximate surface area is 132 Å². The predicted octanol–water partition coefficient (Wildman–Crippen LogP) is 2.78. The van der Waals surface area contributed by atoms with Crippen molar-refractivity contribution in [2.45, 2.75) is 36.9 Å². The quantitative estimate of drug-likeness (QED) is 0.663. The Morgan fingerprint density at radius 2 is 2.24 bits per heavy atom. The third-order valence-corrected chi connectivity index (χ3v) is 6.17. The summed E-state index contributed by atoms with van der Waals surface area (Å²) in [7, 11) is 1.86. The van der Waals surface area contributed by atoms with E-state index in [4.69, 9.17) is 0 Å². The Balaban J connectivity index is 1.46. The van der Waals surface area contributed by atoms with E-state index in [1.165, 1.54) is 36.1 Å². The number of nitrogens with zero attached hydrogens (tertiary/aromatic N) is 1. The average Bonchev–Trinajstić information content (AvgIpc) is 2.90. The normalized spacial score (nSPS) is 27.9. The zero-order chi connectivity index (χ0) is 14.7. The summed E-state index contributed by atoms with van der Waals surface area (Å²) in [4.78, 5) is 4.35. The summed E-state index contributed by atoms with van der Waals surface area (Å²) in [6.45, 7) is 4.33. The van der Waals surface area contributed by atoms with Gasteiger partial charge in [-0.25, -0.2) is 0 Å². The number of rotatable bonds is 4. The van der Waals surface area contributed by atoms with Crippen LogP contribution in [0.2, 0.25) is 0 Å². The highest BCUT2D eigenvalue weighted by molar-refractivity contribution is 8.00. The van der Waals surface area contributed by atoms with Gasteiger partial charge in [0.2, 0.25) is 0 Å². The molecule has 1 fully saturated rings. The Bertz CT molecular complexity index is 521. The molecule has 21 heavy (non-hydrogen) atoms. The minimum Gasteiger partial charge on any atom is -0.356 e. The summed E-state index contributed by atoms with van der Waals surface area (Å²) >= 11 is 2.08. The number of thioether (sulfide) groups is 1. The van der Waals surface area contributed by atoms with E-state index in [1.54, 1.807) is 0 Å². The molecule has 0 bridgehead atoms. The van der Waals surface area contributed by atoms with Gasteiger partial charge >= 0.3 is 0 Å². The van der Waals surface area contributed by atoms with Crippen molar-refractivity contribution >= 4 is 17.7 Å². The third-order valence-electron chi connectivity index (χ3n) is 4.63. The van der Waals surface area contributed by atoms with Gasteiger partial charge in [-0.3, -0.25) is 4.99 Å². The van der Waals surface area contributed by atoms with E-state index >= 15 is 0 Å². The van der Waals surface area contributed by atoms with Crippen LogP contribution < -0.4 is 10.6 Å². The Hall–Kier alpha value is -1.16. The summed E-state index contributed by atoms with van der Waals surface area (Å²) in [5, 5.41) is 6.98. The molecule has 1 aromatic carbocycles. The molecule has 0 amide bonds. The van der Waals surface area contributed by atoms with Crippen molar-refractivity contribution in [2.24, 2.45) is 4.99 Å². The summed E-state index contributed by atoms with van der Waals surface area (Å²) in [5.74, 6) is 2.87. The lowest BCUT2D eigenvalue weighted by atomic mass is 9.78. The van der Waals surface area contributed by atoms with Gasteiger partial charge in [-0.1, -0.05) is 24.3 Å². The number of hydrogen-bond donors (Lipinski definition) is 2. The molecule has 2 atom stereocenters. The summed E-state index contributed by atoms with van der Waals surface area (Å²) in [6.07, 6.45) is 3.83. The largest absolute Gasteiger partial charge is 0.356 e. The number of aliphatic imine (C=N–C) groups is 1. The van der Waals surface area contributed by atoms with Gasteiger partial charge in [0, 0.05) is 30.8 Å². The Morgan fingerprint density at radius 1 is 1.38 bits per heavy atom. The van der Waals surface area contributed by atoms with Crippen LogP contribution in [-0.4, -0.2) is 36.6 Å². The predicted molar refractivity (Wildman–Crippen MR) is 92.3 cm³/mol. The molecule has 1 heterocycles. The third kappa shape index (κ3) is 3.37. The summed E-state index contributed by atoms with van der Waals surface area (Å²) < 4.78 is 0.376. The minimum absolute atomic E-state index is 0.376. The van der Waals surface area contributed by atoms with Crippen LogP contribution in [0.15, 0.2) is 29.3 Å². The molecule has 3 nitrogen and oxygen atoms in total. The van der Waals surface area contributed by atoms with Crippen LogP contribution in [0, 0.1) is 0 Å². The van der Waals surface area contributed by atoms with E-state index in [2.05, 4.69) is 58.6 Å². The maximum atomic E-state index is 4.35. The molecule has 0 aromatic heterocycles. The van der Waals surface area contributed by atoms with E-state index < -0.39 is 0 Å². The topological polar surface area (TPSA) is 36.4 Å². The highest BCUT2D eigenvalue weighted by atomic mass is 32.2. The maximum Gasteiger partial charge on any atom is 0.191 e. The molecule has 1 aromatic rings. The van der Waals surface area contributed by atoms with Crippen LogP contribution in [0.5, 0.6) is 0 Å². The fourth-order valence-corrected chi connectivity index (χ4v) is 4.48. The lowest BCUT2D eigenvalue weighted by molar-refractivity contribution is 0.564. The van der Waals surface area contributed by atoms with Gasteiger partial charge in [0.15, 0.2) is 5.96 Å². The zero-order valence-corrected chi connectivity index (χ0v) is 13.8. The molecule has 3 rings (SSSR count). The first kappa shape index (κ1) is 14.8. The van der Waals surface area contributed by atoms with Crippen LogP contribution in [0.3, 0.4) is 0 Å². The maximum absolute atomic E-state index is 4.35. The van der Waals surface area contributed by atoms with E-state index in [-0.39, 0.29) is 0 Å². The smallest absolute Gasteiger partial charge is 0.191 e. The van der Waals surface area contributed by atoms with Crippen molar-refractivity contribution in [1.82, 2.24) is 10.6 Å². The summed E-state index contributed by atoms with van der Waals surface area (Å²) in [5.41, 5.74) is 3.00. The van der Waals surface area contributed by atoms with Crippen molar-refractivity contribution in [3.63, 3.8) is 0 Å². The zero-order valence-electron chi connectivity index (χ0n) is 13.0.